The van der Waals surface area contributed by atoms with Crippen molar-refractivity contribution in [1.82, 2.24) is 4.98 Å². The lowest BCUT2D eigenvalue weighted by Gasteiger charge is -2.08. The zero-order valence-corrected chi connectivity index (χ0v) is 12.5. The van der Waals surface area contributed by atoms with Gasteiger partial charge in [-0.05, 0) is 29.7 Å². The van der Waals surface area contributed by atoms with Crippen LogP contribution in [0.4, 0.5) is 5.82 Å². The van der Waals surface area contributed by atoms with Gasteiger partial charge in [-0.3, -0.25) is 0 Å². The van der Waals surface area contributed by atoms with E-state index in [0.717, 1.165) is 12.5 Å². The smallest absolute Gasteiger partial charge is 0.328 e. The third-order valence-electron chi connectivity index (χ3n) is 3.62. The highest BCUT2D eigenvalue weighted by atomic mass is 35.5. The molecular weight excluding hydrogens is 300 g/mol. The minimum atomic E-state index is -0.998. The topological polar surface area (TPSA) is 62.2 Å². The number of benzene rings is 1. The molecule has 1 aromatic carbocycles. The first-order valence-electron chi connectivity index (χ1n) is 7.01. The molecule has 3 rings (SSSR count). The van der Waals surface area contributed by atoms with Crippen molar-refractivity contribution in [2.75, 3.05) is 5.32 Å². The number of halogens is 1. The molecule has 1 aliphatic carbocycles. The Hall–Kier alpha value is -2.33. The summed E-state index contributed by atoms with van der Waals surface area (Å²) in [5, 5.41) is 12.4. The molecule has 2 aromatic rings. The van der Waals surface area contributed by atoms with Crippen LogP contribution in [-0.2, 0) is 4.79 Å². The Bertz CT molecular complexity index is 716. The average molecular weight is 315 g/mol. The Kier molecular flexibility index (Phi) is 4.11. The molecule has 2 atom stereocenters. The van der Waals surface area contributed by atoms with Crippen molar-refractivity contribution in [2.45, 2.75) is 18.4 Å². The van der Waals surface area contributed by atoms with E-state index in [1.807, 2.05) is 18.2 Å². The number of carboxylic acid groups (broad SMARTS) is 1. The number of aliphatic carboxylic acids is 1. The summed E-state index contributed by atoms with van der Waals surface area (Å²) < 4.78 is 0. The molecule has 22 heavy (non-hydrogen) atoms. The van der Waals surface area contributed by atoms with E-state index in [4.69, 9.17) is 16.7 Å². The highest BCUT2D eigenvalue weighted by Gasteiger charge is 2.38. The molecule has 0 amide bonds. The third kappa shape index (κ3) is 3.46. The van der Waals surface area contributed by atoms with Gasteiger partial charge in [0.2, 0.25) is 0 Å². The summed E-state index contributed by atoms with van der Waals surface area (Å²) in [5.74, 6) is 0.130. The molecule has 4 nitrogen and oxygen atoms in total. The molecule has 1 aromatic heterocycles. The highest BCUT2D eigenvalue weighted by molar-refractivity contribution is 6.33. The summed E-state index contributed by atoms with van der Waals surface area (Å²) in [6, 6.07) is 12.4. The van der Waals surface area contributed by atoms with Crippen LogP contribution in [-0.4, -0.2) is 22.1 Å². The van der Waals surface area contributed by atoms with Gasteiger partial charge in [-0.1, -0.05) is 41.9 Å². The number of carboxylic acids is 1. The maximum absolute atomic E-state index is 10.5. The molecule has 0 aliphatic heterocycles. The van der Waals surface area contributed by atoms with E-state index in [9.17, 15) is 4.79 Å². The number of rotatable bonds is 5. The van der Waals surface area contributed by atoms with E-state index >= 15 is 0 Å². The van der Waals surface area contributed by atoms with E-state index in [1.54, 1.807) is 12.3 Å². The van der Waals surface area contributed by atoms with E-state index in [-0.39, 0.29) is 0 Å². The molecule has 0 saturated heterocycles. The van der Waals surface area contributed by atoms with Crippen LogP contribution in [0.2, 0.25) is 5.02 Å². The van der Waals surface area contributed by atoms with Crippen LogP contribution in [0.5, 0.6) is 0 Å². The number of hydrogen-bond acceptors (Lipinski definition) is 3. The van der Waals surface area contributed by atoms with E-state index in [1.165, 1.54) is 11.6 Å². The number of carbonyl (C=O) groups is 1. The van der Waals surface area contributed by atoms with Crippen LogP contribution >= 0.6 is 11.6 Å². The van der Waals surface area contributed by atoms with Crippen LogP contribution in [0.3, 0.4) is 0 Å². The summed E-state index contributed by atoms with van der Waals surface area (Å²) in [6.45, 7) is 0. The van der Waals surface area contributed by atoms with Crippen LogP contribution < -0.4 is 5.32 Å². The fraction of sp³-hybridized carbons (Fsp3) is 0.176. The molecule has 1 heterocycles. The summed E-state index contributed by atoms with van der Waals surface area (Å²) >= 11 is 6.20. The van der Waals surface area contributed by atoms with Gasteiger partial charge in [0.05, 0.1) is 5.02 Å². The number of nitrogens with one attached hydrogen (secondary N) is 1. The van der Waals surface area contributed by atoms with Gasteiger partial charge in [0.25, 0.3) is 0 Å². The maximum atomic E-state index is 10.5. The SMILES string of the molecule is O=C(O)/C=C/c1cnc(N[C@H]2C[C@@H]2c2ccccc2)c(Cl)c1. The highest BCUT2D eigenvalue weighted by Crippen LogP contribution is 2.43. The van der Waals surface area contributed by atoms with Crippen LogP contribution in [0.15, 0.2) is 48.7 Å². The number of pyridine rings is 1. The molecule has 0 bridgehead atoms. The Morgan fingerprint density at radius 2 is 2.14 bits per heavy atom. The van der Waals surface area contributed by atoms with Gasteiger partial charge in [0, 0.05) is 24.2 Å². The minimum Gasteiger partial charge on any atom is -0.478 e. The Labute approximate surface area is 133 Å². The maximum Gasteiger partial charge on any atom is 0.328 e. The predicted octanol–water partition coefficient (Wildman–Crippen LogP) is 3.80. The van der Waals surface area contributed by atoms with Gasteiger partial charge in [0.1, 0.15) is 5.82 Å². The lowest BCUT2D eigenvalue weighted by molar-refractivity contribution is -0.131. The first-order valence-corrected chi connectivity index (χ1v) is 7.39. The lowest BCUT2D eigenvalue weighted by Crippen LogP contribution is -2.06. The average Bonchev–Trinajstić information content (AvgIpc) is 3.28. The van der Waals surface area contributed by atoms with Crippen molar-refractivity contribution in [3.8, 4) is 0 Å². The fourth-order valence-corrected chi connectivity index (χ4v) is 2.65. The second kappa shape index (κ2) is 6.20. The quantitative estimate of drug-likeness (QED) is 0.824. The Morgan fingerprint density at radius 1 is 1.36 bits per heavy atom. The number of nitrogens with zero attached hydrogens (tertiary/aromatic N) is 1. The van der Waals surface area contributed by atoms with E-state index < -0.39 is 5.97 Å². The summed E-state index contributed by atoms with van der Waals surface area (Å²) in [5.41, 5.74) is 1.98. The van der Waals surface area contributed by atoms with Gasteiger partial charge in [-0.2, -0.15) is 0 Å². The largest absolute Gasteiger partial charge is 0.478 e. The fourth-order valence-electron chi connectivity index (χ4n) is 2.42. The molecule has 0 radical (unpaired) electrons. The molecule has 0 unspecified atom stereocenters. The normalized spacial score (nSPS) is 20.0. The van der Waals surface area contributed by atoms with Crippen molar-refractivity contribution < 1.29 is 9.90 Å². The molecular formula is C17H15ClN2O2. The zero-order chi connectivity index (χ0) is 15.5. The van der Waals surface area contributed by atoms with Gasteiger partial charge in [-0.15, -0.1) is 0 Å². The summed E-state index contributed by atoms with van der Waals surface area (Å²) in [7, 11) is 0. The molecule has 2 N–H and O–H groups in total. The van der Waals surface area contributed by atoms with Gasteiger partial charge in [-0.25, -0.2) is 9.78 Å². The summed E-state index contributed by atoms with van der Waals surface area (Å²) in [4.78, 5) is 14.8. The van der Waals surface area contributed by atoms with Crippen molar-refractivity contribution in [3.63, 3.8) is 0 Å². The molecule has 112 valence electrons. The lowest BCUT2D eigenvalue weighted by atomic mass is 10.1. The Balaban J connectivity index is 1.66. The van der Waals surface area contributed by atoms with Gasteiger partial charge in [0.15, 0.2) is 0 Å². The molecule has 1 aliphatic rings. The number of aromatic nitrogens is 1. The van der Waals surface area contributed by atoms with Gasteiger partial charge < -0.3 is 10.4 Å². The molecule has 1 saturated carbocycles. The van der Waals surface area contributed by atoms with E-state index in [0.29, 0.717) is 28.4 Å². The number of hydrogen-bond donors (Lipinski definition) is 2. The first-order chi connectivity index (χ1) is 10.6. The van der Waals surface area contributed by atoms with E-state index in [2.05, 4.69) is 22.4 Å². The molecule has 1 fully saturated rings. The van der Waals surface area contributed by atoms with Crippen LogP contribution in [0.25, 0.3) is 6.08 Å². The van der Waals surface area contributed by atoms with Crippen molar-refractivity contribution >= 4 is 29.5 Å². The van der Waals surface area contributed by atoms with Crippen LogP contribution in [0.1, 0.15) is 23.5 Å². The first kappa shape index (κ1) is 14.6. The standard InChI is InChI=1S/C17H15ClN2O2/c18-14-8-11(6-7-16(21)22)10-19-17(14)20-15-9-13(15)12-4-2-1-3-5-12/h1-8,10,13,15H,9H2,(H,19,20)(H,21,22)/b7-6+/t13-,15+/m1/s1. The second-order valence-electron chi connectivity index (χ2n) is 5.27. The van der Waals surface area contributed by atoms with Crippen molar-refractivity contribution in [3.05, 3.63) is 64.8 Å². The monoisotopic (exact) mass is 314 g/mol. The van der Waals surface area contributed by atoms with Crippen LogP contribution in [0, 0.1) is 0 Å². The molecule has 5 heteroatoms. The summed E-state index contributed by atoms with van der Waals surface area (Å²) in [6.07, 6.45) is 5.19. The van der Waals surface area contributed by atoms with Crippen molar-refractivity contribution in [1.29, 1.82) is 0 Å². The second-order valence-corrected chi connectivity index (χ2v) is 5.68. The minimum absolute atomic E-state index is 0.341. The molecule has 0 spiro atoms. The predicted molar refractivity (Wildman–Crippen MR) is 87.1 cm³/mol. The zero-order valence-electron chi connectivity index (χ0n) is 11.7. The van der Waals surface area contributed by atoms with Crippen molar-refractivity contribution in [2.24, 2.45) is 0 Å². The third-order valence-corrected chi connectivity index (χ3v) is 3.91. The van der Waals surface area contributed by atoms with Gasteiger partial charge >= 0.3 is 5.97 Å². The number of anilines is 1. The Morgan fingerprint density at radius 3 is 2.82 bits per heavy atom.